The molecule has 2 N–H and O–H groups in total. The summed E-state index contributed by atoms with van der Waals surface area (Å²) in [7, 11) is 0. The molecule has 0 saturated heterocycles. The van der Waals surface area contributed by atoms with Gasteiger partial charge in [0.1, 0.15) is 11.5 Å². The normalized spacial score (nSPS) is 9.82. The number of carbonyl (C=O) groups excluding carboxylic acids is 2. The van der Waals surface area contributed by atoms with Crippen molar-refractivity contribution in [2.24, 2.45) is 0 Å². The zero-order valence-electron chi connectivity index (χ0n) is 14.9. The number of hydrogen-bond donors (Lipinski definition) is 2. The molecule has 0 aliphatic heterocycles. The molecule has 6 heteroatoms. The van der Waals surface area contributed by atoms with Gasteiger partial charge in [-0.2, -0.15) is 5.26 Å². The highest BCUT2D eigenvalue weighted by molar-refractivity contribution is 5.99. The van der Waals surface area contributed by atoms with Crippen LogP contribution in [0.2, 0.25) is 0 Å². The Bertz CT molecular complexity index is 1010. The Morgan fingerprint density at radius 3 is 2.32 bits per heavy atom. The summed E-state index contributed by atoms with van der Waals surface area (Å²) in [6.07, 6.45) is 0. The standard InChI is InChI=1S/C22H17N3O3/c23-14-16-5-4-6-18(13-16)25-21(26)15-24-22(27)17-9-11-20(12-10-17)28-19-7-2-1-3-8-19/h1-13H,15H2,(H,24,27)(H,25,26). The van der Waals surface area contributed by atoms with Gasteiger partial charge in [0.05, 0.1) is 18.2 Å². The number of amides is 2. The number of nitrogens with one attached hydrogen (secondary N) is 2. The molecule has 0 unspecified atom stereocenters. The SMILES string of the molecule is N#Cc1cccc(NC(=O)CNC(=O)c2ccc(Oc3ccccc3)cc2)c1. The van der Waals surface area contributed by atoms with Crippen LogP contribution in [0, 0.1) is 11.3 Å². The van der Waals surface area contributed by atoms with Gasteiger partial charge < -0.3 is 15.4 Å². The fourth-order valence-electron chi connectivity index (χ4n) is 2.43. The summed E-state index contributed by atoms with van der Waals surface area (Å²) >= 11 is 0. The van der Waals surface area contributed by atoms with Crippen molar-refractivity contribution in [3.8, 4) is 17.6 Å². The molecule has 0 heterocycles. The first kappa shape index (κ1) is 18.7. The van der Waals surface area contributed by atoms with Crippen LogP contribution in [0.4, 0.5) is 5.69 Å². The molecule has 6 nitrogen and oxygen atoms in total. The van der Waals surface area contributed by atoms with E-state index in [1.54, 1.807) is 48.5 Å². The van der Waals surface area contributed by atoms with Gasteiger partial charge in [-0.1, -0.05) is 24.3 Å². The minimum atomic E-state index is -0.382. The number of nitriles is 1. The van der Waals surface area contributed by atoms with Gasteiger partial charge >= 0.3 is 0 Å². The Morgan fingerprint density at radius 1 is 0.893 bits per heavy atom. The molecule has 3 rings (SSSR count). The lowest BCUT2D eigenvalue weighted by molar-refractivity contribution is -0.115. The highest BCUT2D eigenvalue weighted by atomic mass is 16.5. The molecule has 2 amide bonds. The molecule has 0 fully saturated rings. The first-order chi connectivity index (χ1) is 13.6. The van der Waals surface area contributed by atoms with Crippen LogP contribution < -0.4 is 15.4 Å². The lowest BCUT2D eigenvalue weighted by Gasteiger charge is -2.08. The number of anilines is 1. The first-order valence-corrected chi connectivity index (χ1v) is 8.55. The highest BCUT2D eigenvalue weighted by Crippen LogP contribution is 2.21. The molecule has 0 aromatic heterocycles. The van der Waals surface area contributed by atoms with Crippen LogP contribution >= 0.6 is 0 Å². The summed E-state index contributed by atoms with van der Waals surface area (Å²) in [6, 6.07) is 24.5. The monoisotopic (exact) mass is 371 g/mol. The Labute approximate surface area is 162 Å². The summed E-state index contributed by atoms with van der Waals surface area (Å²) in [5, 5.41) is 14.1. The van der Waals surface area contributed by atoms with E-state index in [2.05, 4.69) is 10.6 Å². The van der Waals surface area contributed by atoms with Crippen molar-refractivity contribution in [3.05, 3.63) is 90.0 Å². The van der Waals surface area contributed by atoms with Gasteiger partial charge in [-0.05, 0) is 54.6 Å². The molecule has 0 atom stereocenters. The van der Waals surface area contributed by atoms with Crippen LogP contribution in [0.3, 0.4) is 0 Å². The average molecular weight is 371 g/mol. The molecule has 28 heavy (non-hydrogen) atoms. The Balaban J connectivity index is 1.51. The summed E-state index contributed by atoms with van der Waals surface area (Å²) in [5.41, 5.74) is 1.36. The van der Waals surface area contributed by atoms with Crippen molar-refractivity contribution in [1.29, 1.82) is 5.26 Å². The number of para-hydroxylation sites is 1. The van der Waals surface area contributed by atoms with Crippen molar-refractivity contribution in [2.75, 3.05) is 11.9 Å². The zero-order chi connectivity index (χ0) is 19.8. The lowest BCUT2D eigenvalue weighted by Crippen LogP contribution is -2.32. The van der Waals surface area contributed by atoms with Gasteiger partial charge in [-0.3, -0.25) is 9.59 Å². The van der Waals surface area contributed by atoms with Crippen molar-refractivity contribution < 1.29 is 14.3 Å². The minimum absolute atomic E-state index is 0.183. The minimum Gasteiger partial charge on any atom is -0.457 e. The predicted octanol–water partition coefficient (Wildman–Crippen LogP) is 3.72. The Hall–Kier alpha value is -4.11. The van der Waals surface area contributed by atoms with Crippen molar-refractivity contribution >= 4 is 17.5 Å². The predicted molar refractivity (Wildman–Crippen MR) is 105 cm³/mol. The summed E-state index contributed by atoms with van der Waals surface area (Å²) in [5.74, 6) is 0.564. The molecular weight excluding hydrogens is 354 g/mol. The number of hydrogen-bond acceptors (Lipinski definition) is 4. The highest BCUT2D eigenvalue weighted by Gasteiger charge is 2.09. The van der Waals surface area contributed by atoms with Crippen LogP contribution in [0.25, 0.3) is 0 Å². The molecule has 3 aromatic rings. The van der Waals surface area contributed by atoms with Crippen molar-refractivity contribution in [3.63, 3.8) is 0 Å². The molecule has 0 bridgehead atoms. The quantitative estimate of drug-likeness (QED) is 0.691. The van der Waals surface area contributed by atoms with Crippen LogP contribution in [0.5, 0.6) is 11.5 Å². The van der Waals surface area contributed by atoms with E-state index in [9.17, 15) is 9.59 Å². The van der Waals surface area contributed by atoms with Gasteiger partial charge in [0, 0.05) is 11.3 Å². The van der Waals surface area contributed by atoms with Gasteiger partial charge in [-0.15, -0.1) is 0 Å². The van der Waals surface area contributed by atoms with Crippen LogP contribution in [-0.4, -0.2) is 18.4 Å². The summed E-state index contributed by atoms with van der Waals surface area (Å²) in [4.78, 5) is 24.2. The second-order valence-electron chi connectivity index (χ2n) is 5.86. The summed E-state index contributed by atoms with van der Waals surface area (Å²) < 4.78 is 5.68. The summed E-state index contributed by atoms with van der Waals surface area (Å²) in [6.45, 7) is -0.183. The smallest absolute Gasteiger partial charge is 0.251 e. The second-order valence-corrected chi connectivity index (χ2v) is 5.86. The molecule has 0 radical (unpaired) electrons. The molecular formula is C22H17N3O3. The number of carbonyl (C=O) groups is 2. The van der Waals surface area contributed by atoms with Gasteiger partial charge in [-0.25, -0.2) is 0 Å². The van der Waals surface area contributed by atoms with E-state index >= 15 is 0 Å². The average Bonchev–Trinajstić information content (AvgIpc) is 2.73. The Kier molecular flexibility index (Phi) is 6.01. The van der Waals surface area contributed by atoms with Crippen LogP contribution in [0.1, 0.15) is 15.9 Å². The van der Waals surface area contributed by atoms with Crippen molar-refractivity contribution in [1.82, 2.24) is 5.32 Å². The number of rotatable bonds is 6. The van der Waals surface area contributed by atoms with Crippen LogP contribution in [0.15, 0.2) is 78.9 Å². The third-order valence-corrected chi connectivity index (χ3v) is 3.78. The van der Waals surface area contributed by atoms with Gasteiger partial charge in [0.25, 0.3) is 5.91 Å². The number of ether oxygens (including phenoxy) is 1. The fourth-order valence-corrected chi connectivity index (χ4v) is 2.43. The molecule has 138 valence electrons. The van der Waals surface area contributed by atoms with Gasteiger partial charge in [0.2, 0.25) is 5.91 Å². The van der Waals surface area contributed by atoms with Gasteiger partial charge in [0.15, 0.2) is 0 Å². The van der Waals surface area contributed by atoms with E-state index in [1.165, 1.54) is 0 Å². The van der Waals surface area contributed by atoms with E-state index in [1.807, 2.05) is 36.4 Å². The maximum atomic E-state index is 12.2. The van der Waals surface area contributed by atoms with Crippen molar-refractivity contribution in [2.45, 2.75) is 0 Å². The topological polar surface area (TPSA) is 91.2 Å². The largest absolute Gasteiger partial charge is 0.457 e. The number of nitrogens with zero attached hydrogens (tertiary/aromatic N) is 1. The number of benzene rings is 3. The molecule has 3 aromatic carbocycles. The zero-order valence-corrected chi connectivity index (χ0v) is 14.9. The van der Waals surface area contributed by atoms with E-state index < -0.39 is 0 Å². The first-order valence-electron chi connectivity index (χ1n) is 8.55. The molecule has 0 aliphatic rings. The van der Waals surface area contributed by atoms with Crippen LogP contribution in [-0.2, 0) is 4.79 Å². The van der Waals surface area contributed by atoms with E-state index in [0.717, 1.165) is 0 Å². The molecule has 0 spiro atoms. The molecule has 0 aliphatic carbocycles. The third kappa shape index (κ3) is 5.19. The lowest BCUT2D eigenvalue weighted by atomic mass is 10.2. The third-order valence-electron chi connectivity index (χ3n) is 3.78. The Morgan fingerprint density at radius 2 is 1.61 bits per heavy atom. The van der Waals surface area contributed by atoms with E-state index in [-0.39, 0.29) is 18.4 Å². The van der Waals surface area contributed by atoms with E-state index in [0.29, 0.717) is 28.3 Å². The fraction of sp³-hybridized carbons (Fsp3) is 0.0455. The second kappa shape index (κ2) is 9.01. The maximum absolute atomic E-state index is 12.2. The maximum Gasteiger partial charge on any atom is 0.251 e. The van der Waals surface area contributed by atoms with E-state index in [4.69, 9.17) is 10.00 Å². The molecule has 0 saturated carbocycles.